The second-order valence-corrected chi connectivity index (χ2v) is 11.5. The molecule has 0 atom stereocenters. The molecule has 1 aromatic heterocycles. The van der Waals surface area contributed by atoms with E-state index in [1.807, 2.05) is 47.7 Å². The van der Waals surface area contributed by atoms with Crippen molar-refractivity contribution in [3.8, 4) is 11.3 Å². The molecule has 0 saturated carbocycles. The van der Waals surface area contributed by atoms with Crippen molar-refractivity contribution in [3.63, 3.8) is 0 Å². The monoisotopic (exact) mass is 679 g/mol. The molecular weight excluding hydrogens is 635 g/mol. The summed E-state index contributed by atoms with van der Waals surface area (Å²) in [6, 6.07) is 18.7. The van der Waals surface area contributed by atoms with Crippen LogP contribution in [0.25, 0.3) is 22.0 Å². The number of ketones is 1. The van der Waals surface area contributed by atoms with E-state index in [4.69, 9.17) is 0 Å². The minimum atomic E-state index is -0.417. The number of aryl methyl sites for hydroxylation is 1. The van der Waals surface area contributed by atoms with Crippen LogP contribution in [0.3, 0.4) is 0 Å². The number of carbonyl (C=O) groups excluding carboxylic acids is 1. The third kappa shape index (κ3) is 9.51. The van der Waals surface area contributed by atoms with E-state index in [0.717, 1.165) is 17.7 Å². The van der Waals surface area contributed by atoms with Crippen molar-refractivity contribution < 1.29 is 30.0 Å². The molecule has 3 nitrogen and oxygen atoms in total. The van der Waals surface area contributed by atoms with Gasteiger partial charge in [0, 0.05) is 43.2 Å². The topological polar surface area (TPSA) is 50.2 Å². The van der Waals surface area contributed by atoms with Gasteiger partial charge >= 0.3 is 0 Å². The number of fused-ring (bicyclic) bond motifs is 1. The first-order valence-electron chi connectivity index (χ1n) is 13.2. The number of nitrogens with zero attached hydrogens (tertiary/aromatic N) is 1. The van der Waals surface area contributed by atoms with Crippen LogP contribution >= 0.6 is 0 Å². The Balaban J connectivity index is 0.000000423. The Morgan fingerprint density at radius 3 is 2.05 bits per heavy atom. The van der Waals surface area contributed by atoms with Gasteiger partial charge in [-0.05, 0) is 28.8 Å². The smallest absolute Gasteiger partial charge is 0.164 e. The standard InChI is InChI=1S/C22H24N.C11H20O2.Ir/c1-4-16-11-20(17(5-2)6-3)13-21(12-16)22-14-18-9-7-8-10-19(18)15-23-22;1-10(2,3)8(12)7-9(13)11(4,5)6;/h7-11,13-15,17H,4-6H2,1-3H3;7,12H,1-6H3;/q-1;;/b;8-7-;. The third-order valence-electron chi connectivity index (χ3n) is 6.47. The number of hydrogen-bond acceptors (Lipinski definition) is 3. The zero-order valence-corrected chi connectivity index (χ0v) is 26.4. The number of aliphatic hydroxyl groups is 1. The maximum Gasteiger partial charge on any atom is 0.164 e. The first-order chi connectivity index (χ1) is 16.8. The second-order valence-electron chi connectivity index (χ2n) is 11.5. The molecule has 0 unspecified atom stereocenters. The van der Waals surface area contributed by atoms with Gasteiger partial charge in [0.25, 0.3) is 0 Å². The third-order valence-corrected chi connectivity index (χ3v) is 6.47. The van der Waals surface area contributed by atoms with Crippen molar-refractivity contribution in [1.29, 1.82) is 0 Å². The summed E-state index contributed by atoms with van der Waals surface area (Å²) in [5.41, 5.74) is 4.08. The maximum atomic E-state index is 11.5. The number of rotatable bonds is 6. The van der Waals surface area contributed by atoms with Gasteiger partial charge in [-0.2, -0.15) is 0 Å². The zero-order chi connectivity index (χ0) is 27.1. The van der Waals surface area contributed by atoms with Gasteiger partial charge in [-0.1, -0.05) is 105 Å². The van der Waals surface area contributed by atoms with Gasteiger partial charge < -0.3 is 10.1 Å². The van der Waals surface area contributed by atoms with Crippen LogP contribution in [0.4, 0.5) is 0 Å². The molecule has 37 heavy (non-hydrogen) atoms. The first-order valence-corrected chi connectivity index (χ1v) is 13.2. The van der Waals surface area contributed by atoms with Crippen LogP contribution < -0.4 is 0 Å². The van der Waals surface area contributed by atoms with Crippen molar-refractivity contribution in [2.45, 2.75) is 87.5 Å². The van der Waals surface area contributed by atoms with E-state index >= 15 is 0 Å². The molecule has 0 bridgehead atoms. The number of allylic oxidation sites excluding steroid dienone is 2. The van der Waals surface area contributed by atoms with Gasteiger partial charge in [0.15, 0.2) is 5.78 Å². The van der Waals surface area contributed by atoms with Crippen molar-refractivity contribution >= 4 is 16.6 Å². The molecule has 3 rings (SSSR count). The predicted octanol–water partition coefficient (Wildman–Crippen LogP) is 9.26. The van der Waals surface area contributed by atoms with E-state index < -0.39 is 5.41 Å². The average Bonchev–Trinajstić information content (AvgIpc) is 2.83. The quantitative estimate of drug-likeness (QED) is 0.161. The molecule has 4 heteroatoms. The molecule has 0 aliphatic carbocycles. The van der Waals surface area contributed by atoms with Gasteiger partial charge in [-0.3, -0.25) is 4.79 Å². The van der Waals surface area contributed by atoms with E-state index in [9.17, 15) is 9.90 Å². The Bertz CT molecular complexity index is 1190. The van der Waals surface area contributed by atoms with Gasteiger partial charge in [-0.25, -0.2) is 0 Å². The van der Waals surface area contributed by atoms with Gasteiger partial charge in [0.05, 0.1) is 0 Å². The summed E-state index contributed by atoms with van der Waals surface area (Å²) in [6.07, 6.45) is 6.66. The summed E-state index contributed by atoms with van der Waals surface area (Å²) in [4.78, 5) is 16.2. The van der Waals surface area contributed by atoms with E-state index in [1.54, 1.807) is 0 Å². The second kappa shape index (κ2) is 14.0. The summed E-state index contributed by atoms with van der Waals surface area (Å²) in [7, 11) is 0. The SMILES string of the molecule is CC(C)(C)C(=O)/C=C(\O)C(C)(C)C.CCc1[c-]c(-c2cc3ccccc3cn2)cc(C(CC)CC)c1.[Ir]. The molecule has 0 amide bonds. The van der Waals surface area contributed by atoms with E-state index in [-0.39, 0.29) is 37.1 Å². The van der Waals surface area contributed by atoms with E-state index in [1.165, 1.54) is 40.8 Å². The fourth-order valence-electron chi connectivity index (χ4n) is 3.77. The summed E-state index contributed by atoms with van der Waals surface area (Å²) >= 11 is 0. The molecule has 2 aromatic carbocycles. The summed E-state index contributed by atoms with van der Waals surface area (Å²) in [5, 5.41) is 12.0. The molecule has 0 fully saturated rings. The number of hydrogen-bond donors (Lipinski definition) is 1. The van der Waals surface area contributed by atoms with Crippen molar-refractivity contribution in [2.24, 2.45) is 10.8 Å². The Morgan fingerprint density at radius 2 is 1.54 bits per heavy atom. The number of pyridine rings is 1. The van der Waals surface area contributed by atoms with Crippen LogP contribution in [0.15, 0.2) is 60.5 Å². The zero-order valence-electron chi connectivity index (χ0n) is 24.0. The van der Waals surface area contributed by atoms with Crippen LogP contribution in [0, 0.1) is 16.9 Å². The van der Waals surface area contributed by atoms with Crippen LogP contribution in [0.1, 0.15) is 92.2 Å². The fourth-order valence-corrected chi connectivity index (χ4v) is 3.77. The van der Waals surface area contributed by atoms with Crippen LogP contribution in [-0.2, 0) is 31.3 Å². The Kier molecular flexibility index (Phi) is 12.4. The molecule has 0 aliphatic heterocycles. The molecule has 1 radical (unpaired) electrons. The average molecular weight is 679 g/mol. The molecule has 1 N–H and O–H groups in total. The van der Waals surface area contributed by atoms with Gasteiger partial charge in [0.1, 0.15) is 5.76 Å². The van der Waals surface area contributed by atoms with Crippen molar-refractivity contribution in [3.05, 3.63) is 77.7 Å². The first kappa shape index (κ1) is 32.7. The van der Waals surface area contributed by atoms with E-state index in [2.05, 4.69) is 74.3 Å². The number of benzene rings is 2. The summed E-state index contributed by atoms with van der Waals surface area (Å²) in [6.45, 7) is 17.8. The number of aromatic nitrogens is 1. The van der Waals surface area contributed by atoms with Crippen LogP contribution in [-0.4, -0.2) is 15.9 Å². The maximum absolute atomic E-state index is 11.5. The minimum Gasteiger partial charge on any atom is -0.512 e. The number of carbonyl (C=O) groups is 1. The molecular formula is C33H44IrNO2-. The Morgan fingerprint density at radius 1 is 0.946 bits per heavy atom. The fraction of sp³-hybridized carbons (Fsp3) is 0.455. The normalized spacial score (nSPS) is 12.1. The predicted molar refractivity (Wildman–Crippen MR) is 153 cm³/mol. The van der Waals surface area contributed by atoms with Gasteiger partial charge in [0.2, 0.25) is 0 Å². The number of aliphatic hydroxyl groups excluding tert-OH is 1. The van der Waals surface area contributed by atoms with Crippen molar-refractivity contribution in [2.75, 3.05) is 0 Å². The molecule has 0 spiro atoms. The van der Waals surface area contributed by atoms with Crippen molar-refractivity contribution in [1.82, 2.24) is 4.98 Å². The van der Waals surface area contributed by atoms with Crippen LogP contribution in [0.2, 0.25) is 0 Å². The molecule has 0 saturated heterocycles. The Labute approximate surface area is 238 Å². The molecule has 1 heterocycles. The summed E-state index contributed by atoms with van der Waals surface area (Å²) < 4.78 is 0. The van der Waals surface area contributed by atoms with Gasteiger partial charge in [-0.15, -0.1) is 34.9 Å². The molecule has 203 valence electrons. The van der Waals surface area contributed by atoms with E-state index in [0.29, 0.717) is 5.92 Å². The molecule has 3 aromatic rings. The largest absolute Gasteiger partial charge is 0.512 e. The molecule has 0 aliphatic rings. The minimum absolute atomic E-state index is 0. The van der Waals surface area contributed by atoms with Crippen LogP contribution in [0.5, 0.6) is 0 Å². The summed E-state index contributed by atoms with van der Waals surface area (Å²) in [5.74, 6) is 0.724. The Hall–Kier alpha value is -2.29.